The molecule has 0 aliphatic carbocycles. The topological polar surface area (TPSA) is 59.4 Å². The Morgan fingerprint density at radius 2 is 2.00 bits per heavy atom. The molecular weight excluding hydrogens is 340 g/mol. The summed E-state index contributed by atoms with van der Waals surface area (Å²) in [6.07, 6.45) is 6.08. The standard InChI is InChI=1S/C21H24N4O2/c1-24(2)21(26)16-3-5-19-15(13-16)9-12-25(19)20-6-4-18(14-23-20)27-17-7-10-22-11-8-17/h3-6,9,12-14,17,22H,7-8,10-11H2,1-2H3. The molecule has 1 aliphatic heterocycles. The van der Waals surface area contributed by atoms with Gasteiger partial charge in [0.1, 0.15) is 17.7 Å². The van der Waals surface area contributed by atoms with Gasteiger partial charge in [0, 0.05) is 31.2 Å². The number of nitrogens with zero attached hydrogens (tertiary/aromatic N) is 3. The molecule has 140 valence electrons. The Morgan fingerprint density at radius 1 is 1.19 bits per heavy atom. The van der Waals surface area contributed by atoms with E-state index in [1.807, 2.05) is 47.2 Å². The third-order valence-corrected chi connectivity index (χ3v) is 4.90. The van der Waals surface area contributed by atoms with Crippen molar-refractivity contribution < 1.29 is 9.53 Å². The van der Waals surface area contributed by atoms with Gasteiger partial charge in [-0.25, -0.2) is 4.98 Å². The Hall–Kier alpha value is -2.86. The summed E-state index contributed by atoms with van der Waals surface area (Å²) in [7, 11) is 3.52. The summed E-state index contributed by atoms with van der Waals surface area (Å²) in [5.41, 5.74) is 1.70. The molecule has 1 N–H and O–H groups in total. The minimum absolute atomic E-state index is 0.00203. The van der Waals surface area contributed by atoms with E-state index in [1.165, 1.54) is 0 Å². The van der Waals surface area contributed by atoms with Crippen LogP contribution in [0.25, 0.3) is 16.7 Å². The quantitative estimate of drug-likeness (QED) is 0.773. The second kappa shape index (κ2) is 7.40. The lowest BCUT2D eigenvalue weighted by atomic mass is 10.1. The molecule has 0 unspecified atom stereocenters. The van der Waals surface area contributed by atoms with Gasteiger partial charge in [0.2, 0.25) is 0 Å². The number of hydrogen-bond donors (Lipinski definition) is 1. The number of carbonyl (C=O) groups is 1. The molecule has 0 saturated carbocycles. The molecule has 1 fully saturated rings. The van der Waals surface area contributed by atoms with Crippen LogP contribution in [0.4, 0.5) is 0 Å². The van der Waals surface area contributed by atoms with E-state index < -0.39 is 0 Å². The van der Waals surface area contributed by atoms with E-state index in [4.69, 9.17) is 4.74 Å². The number of amides is 1. The van der Waals surface area contributed by atoms with Gasteiger partial charge < -0.3 is 19.5 Å². The highest BCUT2D eigenvalue weighted by molar-refractivity contribution is 5.98. The minimum Gasteiger partial charge on any atom is -0.489 e. The second-order valence-electron chi connectivity index (χ2n) is 7.08. The molecule has 0 bridgehead atoms. The number of pyridine rings is 1. The van der Waals surface area contributed by atoms with Gasteiger partial charge in [0.25, 0.3) is 5.91 Å². The number of carbonyl (C=O) groups excluding carboxylic acids is 1. The molecule has 0 radical (unpaired) electrons. The van der Waals surface area contributed by atoms with Crippen molar-refractivity contribution in [3.05, 3.63) is 54.4 Å². The van der Waals surface area contributed by atoms with Crippen molar-refractivity contribution in [2.45, 2.75) is 18.9 Å². The molecule has 0 atom stereocenters. The van der Waals surface area contributed by atoms with Crippen LogP contribution in [-0.4, -0.2) is 53.6 Å². The van der Waals surface area contributed by atoms with Crippen LogP contribution in [-0.2, 0) is 0 Å². The van der Waals surface area contributed by atoms with E-state index in [9.17, 15) is 4.79 Å². The summed E-state index contributed by atoms with van der Waals surface area (Å²) >= 11 is 0. The van der Waals surface area contributed by atoms with Gasteiger partial charge in [-0.2, -0.15) is 0 Å². The third kappa shape index (κ3) is 3.66. The van der Waals surface area contributed by atoms with Gasteiger partial charge in [-0.1, -0.05) is 0 Å². The Bertz CT molecular complexity index is 940. The van der Waals surface area contributed by atoms with E-state index in [-0.39, 0.29) is 12.0 Å². The fourth-order valence-electron chi connectivity index (χ4n) is 3.42. The van der Waals surface area contributed by atoms with Gasteiger partial charge in [0.15, 0.2) is 0 Å². The maximum atomic E-state index is 12.2. The van der Waals surface area contributed by atoms with E-state index in [0.29, 0.717) is 5.56 Å². The zero-order valence-corrected chi connectivity index (χ0v) is 15.7. The maximum absolute atomic E-state index is 12.2. The number of piperidine rings is 1. The first-order valence-corrected chi connectivity index (χ1v) is 9.28. The number of rotatable bonds is 4. The lowest BCUT2D eigenvalue weighted by Crippen LogP contribution is -2.34. The van der Waals surface area contributed by atoms with Crippen LogP contribution < -0.4 is 10.1 Å². The molecule has 3 aromatic rings. The van der Waals surface area contributed by atoms with Crippen molar-refractivity contribution >= 4 is 16.8 Å². The van der Waals surface area contributed by atoms with E-state index in [1.54, 1.807) is 25.2 Å². The number of aromatic nitrogens is 2. The molecule has 0 spiro atoms. The molecule has 27 heavy (non-hydrogen) atoms. The summed E-state index contributed by atoms with van der Waals surface area (Å²) < 4.78 is 8.05. The van der Waals surface area contributed by atoms with E-state index in [0.717, 1.165) is 48.4 Å². The van der Waals surface area contributed by atoms with Crippen molar-refractivity contribution in [1.29, 1.82) is 0 Å². The normalized spacial score (nSPS) is 15.0. The Labute approximate surface area is 158 Å². The highest BCUT2D eigenvalue weighted by Crippen LogP contribution is 2.23. The Morgan fingerprint density at radius 3 is 2.70 bits per heavy atom. The molecule has 2 aromatic heterocycles. The first kappa shape index (κ1) is 17.5. The SMILES string of the molecule is CN(C)C(=O)c1ccc2c(ccn2-c2ccc(OC3CCNCC3)cn2)c1. The van der Waals surface area contributed by atoms with Crippen LogP contribution >= 0.6 is 0 Å². The number of fused-ring (bicyclic) bond motifs is 1. The molecule has 1 saturated heterocycles. The van der Waals surface area contributed by atoms with E-state index in [2.05, 4.69) is 10.3 Å². The van der Waals surface area contributed by atoms with Crippen molar-refractivity contribution in [3.8, 4) is 11.6 Å². The van der Waals surface area contributed by atoms with Gasteiger partial charge >= 0.3 is 0 Å². The fourth-order valence-corrected chi connectivity index (χ4v) is 3.42. The van der Waals surface area contributed by atoms with Crippen LogP contribution in [0.2, 0.25) is 0 Å². The van der Waals surface area contributed by atoms with Crippen LogP contribution in [0.3, 0.4) is 0 Å². The molecule has 1 aromatic carbocycles. The predicted molar refractivity (Wildman–Crippen MR) is 106 cm³/mol. The highest BCUT2D eigenvalue weighted by atomic mass is 16.5. The third-order valence-electron chi connectivity index (χ3n) is 4.90. The average molecular weight is 364 g/mol. The number of ether oxygens (including phenoxy) is 1. The molecule has 6 heteroatoms. The first-order valence-electron chi connectivity index (χ1n) is 9.28. The monoisotopic (exact) mass is 364 g/mol. The predicted octanol–water partition coefficient (Wildman–Crippen LogP) is 2.86. The van der Waals surface area contributed by atoms with Gasteiger partial charge in [-0.15, -0.1) is 0 Å². The summed E-state index contributed by atoms with van der Waals surface area (Å²) in [6.45, 7) is 2.01. The number of hydrogen-bond acceptors (Lipinski definition) is 4. The maximum Gasteiger partial charge on any atom is 0.253 e. The Kier molecular flexibility index (Phi) is 4.81. The zero-order valence-electron chi connectivity index (χ0n) is 15.7. The lowest BCUT2D eigenvalue weighted by Gasteiger charge is -2.23. The van der Waals surface area contributed by atoms with Crippen LogP contribution in [0.5, 0.6) is 5.75 Å². The smallest absolute Gasteiger partial charge is 0.253 e. The van der Waals surface area contributed by atoms with Crippen molar-refractivity contribution in [1.82, 2.24) is 19.8 Å². The summed E-state index contributed by atoms with van der Waals surface area (Å²) in [6, 6.07) is 11.7. The summed E-state index contributed by atoms with van der Waals surface area (Å²) in [5, 5.41) is 4.35. The van der Waals surface area contributed by atoms with Crippen molar-refractivity contribution in [3.63, 3.8) is 0 Å². The lowest BCUT2D eigenvalue weighted by molar-refractivity contribution is 0.0828. The summed E-state index contributed by atoms with van der Waals surface area (Å²) in [5.74, 6) is 1.64. The van der Waals surface area contributed by atoms with E-state index >= 15 is 0 Å². The van der Waals surface area contributed by atoms with Crippen molar-refractivity contribution in [2.75, 3.05) is 27.2 Å². The zero-order chi connectivity index (χ0) is 18.8. The fraction of sp³-hybridized carbons (Fsp3) is 0.333. The van der Waals surface area contributed by atoms with Crippen LogP contribution in [0.1, 0.15) is 23.2 Å². The molecule has 3 heterocycles. The molecule has 4 rings (SSSR count). The second-order valence-corrected chi connectivity index (χ2v) is 7.08. The van der Waals surface area contributed by atoms with Crippen LogP contribution in [0, 0.1) is 0 Å². The summed E-state index contributed by atoms with van der Waals surface area (Å²) in [4.78, 5) is 18.3. The van der Waals surface area contributed by atoms with Gasteiger partial charge in [-0.3, -0.25) is 4.79 Å². The molecular formula is C21H24N4O2. The molecule has 1 amide bonds. The van der Waals surface area contributed by atoms with Crippen molar-refractivity contribution in [2.24, 2.45) is 0 Å². The minimum atomic E-state index is 0.00203. The average Bonchev–Trinajstić information content (AvgIpc) is 3.12. The highest BCUT2D eigenvalue weighted by Gasteiger charge is 2.15. The number of benzene rings is 1. The molecule has 6 nitrogen and oxygen atoms in total. The molecule has 1 aliphatic rings. The van der Waals surface area contributed by atoms with Gasteiger partial charge in [0.05, 0.1) is 11.7 Å². The number of nitrogens with one attached hydrogen (secondary N) is 1. The Balaban J connectivity index is 1.56. The largest absolute Gasteiger partial charge is 0.489 e. The first-order chi connectivity index (χ1) is 13.1. The van der Waals surface area contributed by atoms with Crippen LogP contribution in [0.15, 0.2) is 48.8 Å². The van der Waals surface area contributed by atoms with Gasteiger partial charge in [-0.05, 0) is 62.3 Å².